The molecule has 6 heteroatoms. The monoisotopic (exact) mass is 326 g/mol. The average molecular weight is 326 g/mol. The molecule has 1 aromatic heterocycles. The van der Waals surface area contributed by atoms with E-state index < -0.39 is 0 Å². The van der Waals surface area contributed by atoms with E-state index >= 15 is 0 Å². The van der Waals surface area contributed by atoms with Gasteiger partial charge in [-0.1, -0.05) is 18.1 Å². The molecular weight excluding hydrogens is 304 g/mol. The Morgan fingerprint density at radius 1 is 1.38 bits per heavy atom. The number of rotatable bonds is 5. The van der Waals surface area contributed by atoms with Gasteiger partial charge in [0.15, 0.2) is 0 Å². The van der Waals surface area contributed by atoms with Gasteiger partial charge in [0.2, 0.25) is 0 Å². The Balaban J connectivity index is 1.66. The number of hydrogen-bond acceptors (Lipinski definition) is 4. The molecule has 0 saturated heterocycles. The number of oxime groups is 1. The fraction of sp³-hybridized carbons (Fsp3) is 0.389. The molecule has 1 aromatic carbocycles. The summed E-state index contributed by atoms with van der Waals surface area (Å²) in [5.41, 5.74) is 4.51. The Labute approximate surface area is 141 Å². The molecule has 1 N–H and O–H groups in total. The molecule has 0 saturated carbocycles. The minimum Gasteiger partial charge on any atom is -0.390 e. The molecule has 0 radical (unpaired) electrons. The zero-order valence-corrected chi connectivity index (χ0v) is 14.2. The molecule has 6 nitrogen and oxygen atoms in total. The summed E-state index contributed by atoms with van der Waals surface area (Å²) in [6.07, 6.45) is 1.60. The first-order valence-electron chi connectivity index (χ1n) is 8.20. The Morgan fingerprint density at radius 3 is 2.88 bits per heavy atom. The molecule has 1 amide bonds. The standard InChI is InChI=1S/C18H22N4O2/c1-4-15-10-17(24-21-15)11-19-18(23)14-6-5-7-16(9-14)22-13(3)8-12(2)20-22/h5-9,17H,4,10-11H2,1-3H3,(H,19,23)/t17-/m0/s1. The molecule has 0 unspecified atom stereocenters. The molecule has 0 fully saturated rings. The number of hydrogen-bond donors (Lipinski definition) is 1. The number of aromatic nitrogens is 2. The van der Waals surface area contributed by atoms with E-state index in [2.05, 4.69) is 15.6 Å². The summed E-state index contributed by atoms with van der Waals surface area (Å²) in [7, 11) is 0. The van der Waals surface area contributed by atoms with Crippen molar-refractivity contribution in [1.82, 2.24) is 15.1 Å². The maximum atomic E-state index is 12.4. The van der Waals surface area contributed by atoms with Crippen LogP contribution in [0.15, 0.2) is 35.5 Å². The van der Waals surface area contributed by atoms with Crippen molar-refractivity contribution >= 4 is 11.6 Å². The number of carbonyl (C=O) groups is 1. The van der Waals surface area contributed by atoms with Crippen molar-refractivity contribution < 1.29 is 9.63 Å². The fourth-order valence-electron chi connectivity index (χ4n) is 2.78. The van der Waals surface area contributed by atoms with Crippen molar-refractivity contribution in [1.29, 1.82) is 0 Å². The quantitative estimate of drug-likeness (QED) is 0.918. The van der Waals surface area contributed by atoms with Crippen molar-refractivity contribution in [3.63, 3.8) is 0 Å². The van der Waals surface area contributed by atoms with Crippen molar-refractivity contribution in [2.75, 3.05) is 6.54 Å². The van der Waals surface area contributed by atoms with Crippen LogP contribution in [0.25, 0.3) is 5.69 Å². The molecule has 0 spiro atoms. The lowest BCUT2D eigenvalue weighted by atomic mass is 10.1. The van der Waals surface area contributed by atoms with Crippen LogP contribution in [0.1, 0.15) is 41.5 Å². The van der Waals surface area contributed by atoms with Crippen LogP contribution in [-0.2, 0) is 4.84 Å². The third kappa shape index (κ3) is 3.48. The van der Waals surface area contributed by atoms with Crippen LogP contribution in [-0.4, -0.2) is 34.0 Å². The SMILES string of the molecule is CCC1=NO[C@H](CNC(=O)c2cccc(-n3nc(C)cc3C)c2)C1. The molecule has 2 aromatic rings. The summed E-state index contributed by atoms with van der Waals surface area (Å²) < 4.78 is 1.84. The summed E-state index contributed by atoms with van der Waals surface area (Å²) in [5.74, 6) is -0.119. The van der Waals surface area contributed by atoms with Crippen molar-refractivity contribution in [3.05, 3.63) is 47.3 Å². The van der Waals surface area contributed by atoms with E-state index in [1.54, 1.807) is 6.07 Å². The van der Waals surface area contributed by atoms with Crippen LogP contribution < -0.4 is 5.32 Å². The predicted molar refractivity (Wildman–Crippen MR) is 92.6 cm³/mol. The second-order valence-corrected chi connectivity index (χ2v) is 6.04. The first-order valence-corrected chi connectivity index (χ1v) is 8.20. The molecule has 24 heavy (non-hydrogen) atoms. The highest BCUT2D eigenvalue weighted by Crippen LogP contribution is 2.15. The first kappa shape index (κ1) is 16.2. The molecule has 3 rings (SSSR count). The van der Waals surface area contributed by atoms with E-state index in [-0.39, 0.29) is 12.0 Å². The van der Waals surface area contributed by atoms with E-state index in [4.69, 9.17) is 4.84 Å². The van der Waals surface area contributed by atoms with Gasteiger partial charge in [-0.3, -0.25) is 4.79 Å². The lowest BCUT2D eigenvalue weighted by Gasteiger charge is -2.11. The number of amides is 1. The molecule has 126 valence electrons. The van der Waals surface area contributed by atoms with Crippen LogP contribution >= 0.6 is 0 Å². The molecule has 1 atom stereocenters. The van der Waals surface area contributed by atoms with Crippen LogP contribution in [0.5, 0.6) is 0 Å². The van der Waals surface area contributed by atoms with Crippen molar-refractivity contribution in [2.45, 2.75) is 39.7 Å². The van der Waals surface area contributed by atoms with E-state index in [1.165, 1.54) is 0 Å². The van der Waals surface area contributed by atoms with Crippen molar-refractivity contribution in [2.24, 2.45) is 5.16 Å². The fourth-order valence-corrected chi connectivity index (χ4v) is 2.78. The smallest absolute Gasteiger partial charge is 0.251 e. The second kappa shape index (κ2) is 6.86. The summed E-state index contributed by atoms with van der Waals surface area (Å²) in [6, 6.07) is 9.46. The third-order valence-electron chi connectivity index (χ3n) is 4.06. The second-order valence-electron chi connectivity index (χ2n) is 6.04. The third-order valence-corrected chi connectivity index (χ3v) is 4.06. The largest absolute Gasteiger partial charge is 0.390 e. The average Bonchev–Trinajstić information content (AvgIpc) is 3.18. The summed E-state index contributed by atoms with van der Waals surface area (Å²) in [4.78, 5) is 17.7. The van der Waals surface area contributed by atoms with Gasteiger partial charge in [-0.2, -0.15) is 5.10 Å². The maximum Gasteiger partial charge on any atom is 0.251 e. The number of nitrogens with zero attached hydrogens (tertiary/aromatic N) is 3. The Hall–Kier alpha value is -2.63. The van der Waals surface area contributed by atoms with Gasteiger partial charge in [-0.15, -0.1) is 0 Å². The predicted octanol–water partition coefficient (Wildman–Crippen LogP) is 2.77. The summed E-state index contributed by atoms with van der Waals surface area (Å²) in [5, 5.41) is 11.4. The molecule has 1 aliphatic heterocycles. The van der Waals surface area contributed by atoms with Crippen molar-refractivity contribution in [3.8, 4) is 5.69 Å². The first-order chi connectivity index (χ1) is 11.6. The zero-order valence-electron chi connectivity index (χ0n) is 14.2. The minimum absolute atomic E-state index is 0.0666. The van der Waals surface area contributed by atoms with Gasteiger partial charge in [0, 0.05) is 17.7 Å². The highest BCUT2D eigenvalue weighted by atomic mass is 16.6. The molecule has 0 bridgehead atoms. The van der Waals surface area contributed by atoms with Gasteiger partial charge in [0.05, 0.1) is 23.6 Å². The topological polar surface area (TPSA) is 68.5 Å². The van der Waals surface area contributed by atoms with E-state index in [1.807, 2.05) is 49.7 Å². The lowest BCUT2D eigenvalue weighted by molar-refractivity contribution is 0.0753. The van der Waals surface area contributed by atoms with Crippen LogP contribution in [0.4, 0.5) is 0 Å². The van der Waals surface area contributed by atoms with Gasteiger partial charge in [0.1, 0.15) is 6.10 Å². The van der Waals surface area contributed by atoms with E-state index in [9.17, 15) is 4.79 Å². The number of nitrogens with one attached hydrogen (secondary N) is 1. The van der Waals surface area contributed by atoms with Gasteiger partial charge < -0.3 is 10.2 Å². The molecule has 1 aliphatic rings. The van der Waals surface area contributed by atoms with Crippen LogP contribution in [0, 0.1) is 13.8 Å². The summed E-state index contributed by atoms with van der Waals surface area (Å²) >= 11 is 0. The highest BCUT2D eigenvalue weighted by Gasteiger charge is 2.20. The zero-order chi connectivity index (χ0) is 17.1. The number of aryl methyl sites for hydroxylation is 2. The molecule has 0 aliphatic carbocycles. The Morgan fingerprint density at radius 2 is 2.21 bits per heavy atom. The lowest BCUT2D eigenvalue weighted by Crippen LogP contribution is -2.32. The van der Waals surface area contributed by atoms with E-state index in [0.29, 0.717) is 12.1 Å². The normalized spacial score (nSPS) is 16.6. The minimum atomic E-state index is -0.119. The number of benzene rings is 1. The highest BCUT2D eigenvalue weighted by molar-refractivity contribution is 5.94. The summed E-state index contributed by atoms with van der Waals surface area (Å²) in [6.45, 7) is 6.45. The van der Waals surface area contributed by atoms with Gasteiger partial charge in [0.25, 0.3) is 5.91 Å². The van der Waals surface area contributed by atoms with Gasteiger partial charge in [-0.05, 0) is 44.5 Å². The van der Waals surface area contributed by atoms with Crippen LogP contribution in [0.3, 0.4) is 0 Å². The number of carbonyl (C=O) groups excluding carboxylic acids is 1. The molecular formula is C18H22N4O2. The van der Waals surface area contributed by atoms with E-state index in [0.717, 1.165) is 35.6 Å². The molecule has 2 heterocycles. The van der Waals surface area contributed by atoms with Gasteiger partial charge >= 0.3 is 0 Å². The Bertz CT molecular complexity index is 779. The van der Waals surface area contributed by atoms with Gasteiger partial charge in [-0.25, -0.2) is 4.68 Å². The maximum absolute atomic E-state index is 12.4. The Kier molecular flexibility index (Phi) is 4.64. The van der Waals surface area contributed by atoms with Crippen LogP contribution in [0.2, 0.25) is 0 Å².